The van der Waals surface area contributed by atoms with Gasteiger partial charge in [0.05, 0.1) is 28.8 Å². The number of nitrogens with zero attached hydrogens (tertiary/aromatic N) is 5. The van der Waals surface area contributed by atoms with E-state index in [4.69, 9.17) is 23.9 Å². The SMILES string of the molecule is Cc1ncsc1-c1ccc(CNC(=O)[C@H]2C[C@H](O)CN2C(=O)[C@H](CC(=O)COCCCOCCCCOCCCOc2ccc(Nc3ncc(C4CC4)c(NCCN(C)C(=O)C4CCC4)n3)cc2)C(C)(C)C)cc1. The van der Waals surface area contributed by atoms with Crippen molar-refractivity contribution < 1.29 is 43.2 Å². The van der Waals surface area contributed by atoms with Crippen LogP contribution in [0.1, 0.15) is 114 Å². The van der Waals surface area contributed by atoms with Gasteiger partial charge < -0.3 is 49.8 Å². The number of nitrogens with one attached hydrogen (secondary N) is 3. The molecule has 3 aliphatic rings. The van der Waals surface area contributed by atoms with Crippen molar-refractivity contribution in [1.29, 1.82) is 0 Å². The van der Waals surface area contributed by atoms with Crippen LogP contribution in [0.15, 0.2) is 60.2 Å². The fourth-order valence-electron chi connectivity index (χ4n) is 9.10. The van der Waals surface area contributed by atoms with Gasteiger partial charge in [-0.25, -0.2) is 9.97 Å². The number of carbonyl (C=O) groups excluding carboxylic acids is 4. The van der Waals surface area contributed by atoms with Crippen LogP contribution in [-0.2, 0) is 39.9 Å². The van der Waals surface area contributed by atoms with Crippen molar-refractivity contribution in [2.45, 2.75) is 123 Å². The van der Waals surface area contributed by atoms with Crippen molar-refractivity contribution in [3.8, 4) is 16.2 Å². The molecule has 4 N–H and O–H groups in total. The highest BCUT2D eigenvalue weighted by atomic mass is 32.1. The van der Waals surface area contributed by atoms with E-state index in [1.54, 1.807) is 11.3 Å². The third-order valence-corrected chi connectivity index (χ3v) is 14.9. The van der Waals surface area contributed by atoms with E-state index in [1.807, 2.05) is 99.9 Å². The van der Waals surface area contributed by atoms with Gasteiger partial charge in [-0.3, -0.25) is 19.2 Å². The quantitative estimate of drug-likeness (QED) is 0.0352. The lowest BCUT2D eigenvalue weighted by Gasteiger charge is -2.34. The summed E-state index contributed by atoms with van der Waals surface area (Å²) in [6.45, 7) is 12.4. The van der Waals surface area contributed by atoms with Crippen LogP contribution in [0.4, 0.5) is 17.5 Å². The number of amides is 3. The minimum absolute atomic E-state index is 0.0228. The number of anilines is 3. The Kier molecular flexibility index (Phi) is 21.1. The zero-order chi connectivity index (χ0) is 52.5. The molecule has 4 aromatic rings. The van der Waals surface area contributed by atoms with Gasteiger partial charge in [-0.05, 0) is 98.6 Å². The second-order valence-electron chi connectivity index (χ2n) is 21.0. The molecular formula is C56H78N8O9S. The lowest BCUT2D eigenvalue weighted by molar-refractivity contribution is -0.146. The molecule has 7 rings (SSSR count). The number of unbranched alkanes of at least 4 members (excludes halogenated alkanes) is 1. The van der Waals surface area contributed by atoms with E-state index in [1.165, 1.54) is 4.90 Å². The second kappa shape index (κ2) is 27.8. The molecule has 2 aromatic carbocycles. The molecule has 74 heavy (non-hydrogen) atoms. The van der Waals surface area contributed by atoms with Crippen molar-refractivity contribution in [3.63, 3.8) is 0 Å². The summed E-state index contributed by atoms with van der Waals surface area (Å²) in [6, 6.07) is 14.8. The summed E-state index contributed by atoms with van der Waals surface area (Å²) in [5.41, 5.74) is 6.19. The van der Waals surface area contributed by atoms with Gasteiger partial charge in [-0.15, -0.1) is 11.3 Å². The summed E-state index contributed by atoms with van der Waals surface area (Å²) in [6.07, 6.45) is 9.79. The normalized spacial score (nSPS) is 17.1. The minimum Gasteiger partial charge on any atom is -0.494 e. The number of aliphatic hydroxyl groups excluding tert-OH is 1. The predicted molar refractivity (Wildman–Crippen MR) is 286 cm³/mol. The first kappa shape index (κ1) is 56.2. The number of Topliss-reactive ketones (excluding diaryl/α,β-unsaturated/α-hetero) is 1. The van der Waals surface area contributed by atoms with Gasteiger partial charge in [0.2, 0.25) is 23.7 Å². The van der Waals surface area contributed by atoms with E-state index in [9.17, 15) is 24.3 Å². The zero-order valence-corrected chi connectivity index (χ0v) is 44.9. The Labute approximate surface area is 440 Å². The number of likely N-dealkylation sites (tertiary alicyclic amines) is 1. The molecule has 3 amide bonds. The second-order valence-corrected chi connectivity index (χ2v) is 21.9. The highest BCUT2D eigenvalue weighted by Gasteiger charge is 2.44. The maximum Gasteiger partial charge on any atom is 0.243 e. The van der Waals surface area contributed by atoms with E-state index in [0.29, 0.717) is 71.0 Å². The third kappa shape index (κ3) is 17.0. The Morgan fingerprint density at radius 1 is 0.878 bits per heavy atom. The van der Waals surface area contributed by atoms with Gasteiger partial charge >= 0.3 is 0 Å². The van der Waals surface area contributed by atoms with Crippen molar-refractivity contribution >= 4 is 52.3 Å². The smallest absolute Gasteiger partial charge is 0.243 e. The van der Waals surface area contributed by atoms with E-state index >= 15 is 0 Å². The Morgan fingerprint density at radius 3 is 2.22 bits per heavy atom. The molecule has 3 atom stereocenters. The molecule has 3 heterocycles. The molecule has 0 bridgehead atoms. The van der Waals surface area contributed by atoms with Crippen LogP contribution in [0.5, 0.6) is 5.75 Å². The number of hydrogen-bond donors (Lipinski definition) is 4. The van der Waals surface area contributed by atoms with Crippen LogP contribution in [0.25, 0.3) is 10.4 Å². The third-order valence-electron chi connectivity index (χ3n) is 14.0. The number of hydrogen-bond acceptors (Lipinski definition) is 15. The highest BCUT2D eigenvalue weighted by molar-refractivity contribution is 7.13. The van der Waals surface area contributed by atoms with Gasteiger partial charge in [-0.1, -0.05) is 51.5 Å². The zero-order valence-electron chi connectivity index (χ0n) is 44.1. The van der Waals surface area contributed by atoms with Crippen LogP contribution in [-0.4, -0.2) is 138 Å². The number of aliphatic hydroxyl groups is 1. The number of β-amino-alcohol motifs (C(OH)–C–C–N with tert-alkyl or cyclic N) is 1. The number of ketones is 1. The summed E-state index contributed by atoms with van der Waals surface area (Å²) in [5, 5.41) is 20.3. The Morgan fingerprint density at radius 2 is 1.57 bits per heavy atom. The van der Waals surface area contributed by atoms with Gasteiger partial charge in [0.1, 0.15) is 24.2 Å². The molecular weight excluding hydrogens is 961 g/mol. The average Bonchev–Trinajstić information content (AvgIpc) is 4.00. The number of rotatable bonds is 31. The summed E-state index contributed by atoms with van der Waals surface area (Å²) in [7, 11) is 1.88. The molecule has 1 saturated heterocycles. The molecule has 0 unspecified atom stereocenters. The summed E-state index contributed by atoms with van der Waals surface area (Å²) >= 11 is 1.58. The van der Waals surface area contributed by atoms with Crippen molar-refractivity contribution in [3.05, 3.63) is 77.1 Å². The lowest BCUT2D eigenvalue weighted by Crippen LogP contribution is -2.50. The van der Waals surface area contributed by atoms with Crippen LogP contribution < -0.4 is 20.7 Å². The first-order valence-corrected chi connectivity index (χ1v) is 27.5. The topological polar surface area (TPSA) is 207 Å². The molecule has 2 aromatic heterocycles. The maximum absolute atomic E-state index is 14.0. The van der Waals surface area contributed by atoms with Crippen LogP contribution in [0, 0.1) is 24.2 Å². The average molecular weight is 1040 g/mol. The summed E-state index contributed by atoms with van der Waals surface area (Å²) in [5.74, 6) is 1.52. The number of ether oxygens (including phenoxy) is 4. The van der Waals surface area contributed by atoms with Crippen molar-refractivity contribution in [2.75, 3.05) is 83.6 Å². The van der Waals surface area contributed by atoms with Gasteiger partial charge in [-0.2, -0.15) is 4.98 Å². The van der Waals surface area contributed by atoms with Crippen molar-refractivity contribution in [1.82, 2.24) is 30.1 Å². The standard InChI is InChI=1S/C56H78N8O9S/c1-38-50(74-37-60-38)41-15-13-39(14-16-41)33-58-52(67)49-32-44(65)35-64(49)54(69)48(56(2,3)4)31-45(66)36-72-29-9-27-70-25-6-7-26-71-28-10-30-73-46-21-19-43(20-22-46)61-55-59-34-47(40-17-18-40)51(62-55)57-23-24-63(5)53(68)42-11-8-12-42/h13-16,19-22,34,37,40,42,44,48-49,65H,6-12,17-18,23-33,35-36H2,1-5H3,(H,58,67)(H2,57,59,61,62)/t44-,48-,49+/m0/s1. The van der Waals surface area contributed by atoms with Crippen molar-refractivity contribution in [2.24, 2.45) is 17.3 Å². The maximum atomic E-state index is 14.0. The number of likely N-dealkylation sites (N-methyl/N-ethyl adjacent to an activating group) is 1. The molecule has 3 fully saturated rings. The molecule has 2 aliphatic carbocycles. The van der Waals surface area contributed by atoms with E-state index in [2.05, 4.69) is 25.9 Å². The Balaban J connectivity index is 0.695. The highest BCUT2D eigenvalue weighted by Crippen LogP contribution is 2.43. The first-order valence-electron chi connectivity index (χ1n) is 26.6. The molecule has 0 spiro atoms. The van der Waals surface area contributed by atoms with E-state index in [0.717, 1.165) is 95.9 Å². The Hall–Kier alpha value is -5.53. The molecule has 17 nitrogen and oxygen atoms in total. The summed E-state index contributed by atoms with van der Waals surface area (Å²) < 4.78 is 23.2. The molecule has 2 saturated carbocycles. The molecule has 18 heteroatoms. The van der Waals surface area contributed by atoms with Crippen LogP contribution >= 0.6 is 11.3 Å². The molecule has 0 radical (unpaired) electrons. The summed E-state index contributed by atoms with van der Waals surface area (Å²) in [4.78, 5) is 71.2. The van der Waals surface area contributed by atoms with Gasteiger partial charge in [0.15, 0.2) is 5.78 Å². The number of carbonyl (C=O) groups is 4. The predicted octanol–water partition coefficient (Wildman–Crippen LogP) is 8.09. The number of aryl methyl sites for hydroxylation is 1. The Bertz CT molecular complexity index is 2420. The lowest BCUT2D eigenvalue weighted by atomic mass is 9.77. The number of aromatic nitrogens is 3. The largest absolute Gasteiger partial charge is 0.494 e. The first-order chi connectivity index (χ1) is 35.7. The van der Waals surface area contributed by atoms with Gasteiger partial charge in [0.25, 0.3) is 0 Å². The minimum atomic E-state index is -0.832. The fraction of sp³-hybridized carbons (Fsp3) is 0.589. The monoisotopic (exact) mass is 1040 g/mol. The number of thiazole rings is 1. The number of benzene rings is 2. The van der Waals surface area contributed by atoms with E-state index in [-0.39, 0.29) is 62.0 Å². The van der Waals surface area contributed by atoms with Crippen LogP contribution in [0.2, 0.25) is 0 Å². The fourth-order valence-corrected chi connectivity index (χ4v) is 9.91. The van der Waals surface area contributed by atoms with Gasteiger partial charge in [0, 0.05) is 115 Å². The molecule has 1 aliphatic heterocycles. The molecule has 402 valence electrons. The van der Waals surface area contributed by atoms with E-state index < -0.39 is 23.5 Å². The van der Waals surface area contributed by atoms with Crippen LogP contribution in [0.3, 0.4) is 0 Å².